The Balaban J connectivity index is 1.48. The fourth-order valence-electron chi connectivity index (χ4n) is 2.86. The van der Waals surface area contributed by atoms with E-state index >= 15 is 0 Å². The molecule has 1 unspecified atom stereocenters. The first-order chi connectivity index (χ1) is 12.0. The number of hydrogen-bond donors (Lipinski definition) is 0. The predicted molar refractivity (Wildman–Crippen MR) is 105 cm³/mol. The van der Waals surface area contributed by atoms with Gasteiger partial charge in [0.25, 0.3) is 0 Å². The Morgan fingerprint density at radius 3 is 2.56 bits per heavy atom. The van der Waals surface area contributed by atoms with Gasteiger partial charge in [0.2, 0.25) is 5.91 Å². The summed E-state index contributed by atoms with van der Waals surface area (Å²) in [7, 11) is 0. The van der Waals surface area contributed by atoms with Gasteiger partial charge in [0.1, 0.15) is 0 Å². The highest BCUT2D eigenvalue weighted by molar-refractivity contribution is 8.00. The van der Waals surface area contributed by atoms with Crippen LogP contribution in [-0.2, 0) is 11.3 Å². The zero-order chi connectivity index (χ0) is 17.8. The topological polar surface area (TPSA) is 36.4 Å². The molecule has 134 valence electrons. The van der Waals surface area contributed by atoms with Crippen molar-refractivity contribution in [3.63, 3.8) is 0 Å². The highest BCUT2D eigenvalue weighted by Crippen LogP contribution is 2.26. The van der Waals surface area contributed by atoms with E-state index in [9.17, 15) is 4.79 Å². The van der Waals surface area contributed by atoms with Crippen molar-refractivity contribution in [1.29, 1.82) is 0 Å². The van der Waals surface area contributed by atoms with Gasteiger partial charge in [0.15, 0.2) is 0 Å². The van der Waals surface area contributed by atoms with Crippen molar-refractivity contribution < 1.29 is 4.79 Å². The molecule has 4 nitrogen and oxygen atoms in total. The van der Waals surface area contributed by atoms with Crippen LogP contribution < -0.4 is 0 Å². The van der Waals surface area contributed by atoms with E-state index in [0.717, 1.165) is 53.3 Å². The van der Waals surface area contributed by atoms with Crippen molar-refractivity contribution in [2.24, 2.45) is 0 Å². The normalized spacial score (nSPS) is 16.8. The first-order valence-electron chi connectivity index (χ1n) is 8.35. The molecule has 1 fully saturated rings. The molecule has 3 rings (SSSR count). The van der Waals surface area contributed by atoms with Crippen LogP contribution >= 0.6 is 34.7 Å². The summed E-state index contributed by atoms with van der Waals surface area (Å²) >= 11 is 9.19. The average Bonchev–Trinajstić information content (AvgIpc) is 3.02. The number of carbonyl (C=O) groups is 1. The summed E-state index contributed by atoms with van der Waals surface area (Å²) in [4.78, 5) is 22.6. The second kappa shape index (κ2) is 8.54. The number of rotatable bonds is 5. The van der Waals surface area contributed by atoms with E-state index in [4.69, 9.17) is 11.6 Å². The molecule has 1 saturated heterocycles. The number of halogens is 1. The SMILES string of the molecule is Cc1nc(CN2CCN(C(=O)C(C)Sc3ccc(Cl)cc3)CC2)cs1. The summed E-state index contributed by atoms with van der Waals surface area (Å²) in [5.41, 5.74) is 1.13. The molecule has 0 saturated carbocycles. The molecule has 7 heteroatoms. The van der Waals surface area contributed by atoms with Crippen LogP contribution in [0.2, 0.25) is 5.02 Å². The number of carbonyl (C=O) groups excluding carboxylic acids is 1. The Morgan fingerprint density at radius 1 is 1.28 bits per heavy atom. The molecule has 25 heavy (non-hydrogen) atoms. The smallest absolute Gasteiger partial charge is 0.235 e. The lowest BCUT2D eigenvalue weighted by Crippen LogP contribution is -2.50. The number of benzene rings is 1. The first-order valence-corrected chi connectivity index (χ1v) is 10.5. The average molecular weight is 396 g/mol. The van der Waals surface area contributed by atoms with Crippen molar-refractivity contribution >= 4 is 40.6 Å². The minimum atomic E-state index is -0.0890. The molecule has 1 amide bonds. The van der Waals surface area contributed by atoms with Gasteiger partial charge in [0, 0.05) is 48.0 Å². The number of aromatic nitrogens is 1. The van der Waals surface area contributed by atoms with Crippen molar-refractivity contribution in [1.82, 2.24) is 14.8 Å². The monoisotopic (exact) mass is 395 g/mol. The summed E-state index contributed by atoms with van der Waals surface area (Å²) in [5.74, 6) is 0.212. The highest BCUT2D eigenvalue weighted by atomic mass is 35.5. The zero-order valence-corrected chi connectivity index (χ0v) is 16.8. The fourth-order valence-corrected chi connectivity index (χ4v) is 4.54. The highest BCUT2D eigenvalue weighted by Gasteiger charge is 2.25. The molecule has 2 aromatic rings. The van der Waals surface area contributed by atoms with Gasteiger partial charge < -0.3 is 4.90 Å². The van der Waals surface area contributed by atoms with Crippen molar-refractivity contribution in [3.05, 3.63) is 45.4 Å². The molecule has 2 heterocycles. The van der Waals surface area contributed by atoms with Gasteiger partial charge in [-0.3, -0.25) is 9.69 Å². The molecule has 0 aliphatic carbocycles. The minimum absolute atomic E-state index is 0.0890. The predicted octanol–water partition coefficient (Wildman–Crippen LogP) is 3.93. The lowest BCUT2D eigenvalue weighted by molar-refractivity contribution is -0.132. The third-order valence-electron chi connectivity index (χ3n) is 4.21. The van der Waals surface area contributed by atoms with E-state index in [1.54, 1.807) is 23.1 Å². The molecule has 0 spiro atoms. The largest absolute Gasteiger partial charge is 0.339 e. The number of aryl methyl sites for hydroxylation is 1. The van der Waals surface area contributed by atoms with E-state index in [1.807, 2.05) is 43.0 Å². The van der Waals surface area contributed by atoms with Crippen LogP contribution in [-0.4, -0.2) is 52.1 Å². The molecule has 0 bridgehead atoms. The maximum atomic E-state index is 12.7. The summed E-state index contributed by atoms with van der Waals surface area (Å²) in [5, 5.41) is 3.86. The second-order valence-electron chi connectivity index (χ2n) is 6.17. The number of hydrogen-bond acceptors (Lipinski definition) is 5. The van der Waals surface area contributed by atoms with Gasteiger partial charge in [0.05, 0.1) is 16.0 Å². The second-order valence-corrected chi connectivity index (χ2v) is 9.09. The molecule has 1 atom stereocenters. The molecule has 1 aliphatic rings. The molecular formula is C18H22ClN3OS2. The maximum absolute atomic E-state index is 12.7. The third kappa shape index (κ3) is 5.20. The maximum Gasteiger partial charge on any atom is 0.235 e. The Morgan fingerprint density at radius 2 is 1.96 bits per heavy atom. The van der Waals surface area contributed by atoms with Crippen LogP contribution in [0, 0.1) is 6.92 Å². The summed E-state index contributed by atoms with van der Waals surface area (Å²) in [6.45, 7) is 8.26. The summed E-state index contributed by atoms with van der Waals surface area (Å²) < 4.78 is 0. The van der Waals surface area contributed by atoms with Crippen LogP contribution in [0.1, 0.15) is 17.6 Å². The van der Waals surface area contributed by atoms with Crippen LogP contribution in [0.25, 0.3) is 0 Å². The Bertz CT molecular complexity index is 711. The van der Waals surface area contributed by atoms with Crippen LogP contribution in [0.3, 0.4) is 0 Å². The Kier molecular flexibility index (Phi) is 6.39. The minimum Gasteiger partial charge on any atom is -0.339 e. The number of piperazine rings is 1. The molecule has 0 N–H and O–H groups in total. The number of amides is 1. The van der Waals surface area contributed by atoms with E-state index in [1.165, 1.54) is 0 Å². The van der Waals surface area contributed by atoms with Gasteiger partial charge in [-0.2, -0.15) is 0 Å². The van der Waals surface area contributed by atoms with Crippen LogP contribution in [0.5, 0.6) is 0 Å². The molecule has 1 aliphatic heterocycles. The standard InChI is InChI=1S/C18H22ClN3OS2/c1-13(25-17-5-3-15(19)4-6-17)18(23)22-9-7-21(8-10-22)11-16-12-24-14(2)20-16/h3-6,12-13H,7-11H2,1-2H3. The van der Waals surface area contributed by atoms with Gasteiger partial charge >= 0.3 is 0 Å². The number of nitrogens with zero attached hydrogens (tertiary/aromatic N) is 3. The summed E-state index contributed by atoms with van der Waals surface area (Å²) in [6.07, 6.45) is 0. The summed E-state index contributed by atoms with van der Waals surface area (Å²) in [6, 6.07) is 7.65. The van der Waals surface area contributed by atoms with E-state index in [0.29, 0.717) is 0 Å². The quantitative estimate of drug-likeness (QED) is 0.718. The van der Waals surface area contributed by atoms with Crippen LogP contribution in [0.4, 0.5) is 0 Å². The van der Waals surface area contributed by atoms with Crippen molar-refractivity contribution in [3.8, 4) is 0 Å². The Labute approximate surface area is 162 Å². The first kappa shape index (κ1) is 18.7. The van der Waals surface area contributed by atoms with Crippen LogP contribution in [0.15, 0.2) is 34.5 Å². The lowest BCUT2D eigenvalue weighted by atomic mass is 10.2. The molecule has 1 aromatic carbocycles. The lowest BCUT2D eigenvalue weighted by Gasteiger charge is -2.35. The van der Waals surface area contributed by atoms with Gasteiger partial charge in [-0.1, -0.05) is 11.6 Å². The van der Waals surface area contributed by atoms with E-state index < -0.39 is 0 Å². The van der Waals surface area contributed by atoms with E-state index in [-0.39, 0.29) is 11.2 Å². The molecular weight excluding hydrogens is 374 g/mol. The Hall–Kier alpha value is -1.08. The number of thioether (sulfide) groups is 1. The van der Waals surface area contributed by atoms with E-state index in [2.05, 4.69) is 15.3 Å². The van der Waals surface area contributed by atoms with Gasteiger partial charge in [-0.05, 0) is 38.1 Å². The van der Waals surface area contributed by atoms with Crippen molar-refractivity contribution in [2.45, 2.75) is 30.5 Å². The number of thiazole rings is 1. The third-order valence-corrected chi connectivity index (χ3v) is 6.38. The van der Waals surface area contributed by atoms with Gasteiger partial charge in [-0.15, -0.1) is 23.1 Å². The fraction of sp³-hybridized carbons (Fsp3) is 0.444. The molecule has 0 radical (unpaired) electrons. The van der Waals surface area contributed by atoms with Gasteiger partial charge in [-0.25, -0.2) is 4.98 Å². The zero-order valence-electron chi connectivity index (χ0n) is 14.4. The molecule has 1 aromatic heterocycles. The van der Waals surface area contributed by atoms with Crippen molar-refractivity contribution in [2.75, 3.05) is 26.2 Å².